The number of nitrogens with two attached hydrogens (primary N) is 1. The van der Waals surface area contributed by atoms with Gasteiger partial charge in [0.05, 0.1) is 17.2 Å². The standard InChI is InChI=1S/C43H50BrN3O5/c1-3-47(38-20-11-6-12-21-38)30-37-27-36(28-39(44)40(37)45)43(50)52-25-23-46(29-32-14-7-4-8-15-32)22-24-51-42(49)31(2)34-18-13-19-35(26-34)41(48)33-16-9-5-10-17-33/h4-5,7-10,13-19,26-28,31,38H,3,6,11-12,20-25,29-30,45H2,1-2H3. The zero-order valence-corrected chi connectivity index (χ0v) is 31.9. The van der Waals surface area contributed by atoms with Crippen LogP contribution in [0, 0.1) is 0 Å². The van der Waals surface area contributed by atoms with Gasteiger partial charge in [0.15, 0.2) is 5.78 Å². The third-order valence-corrected chi connectivity index (χ3v) is 10.6. The zero-order chi connectivity index (χ0) is 36.9. The number of halogens is 1. The van der Waals surface area contributed by atoms with Crippen molar-refractivity contribution in [1.29, 1.82) is 0 Å². The van der Waals surface area contributed by atoms with Crippen LogP contribution in [0.3, 0.4) is 0 Å². The maximum Gasteiger partial charge on any atom is 0.338 e. The molecule has 1 aliphatic carbocycles. The molecular weight excluding hydrogens is 718 g/mol. The number of carbonyl (C=O) groups is 3. The quantitative estimate of drug-likeness (QED) is 0.0650. The Hall–Kier alpha value is -4.31. The summed E-state index contributed by atoms with van der Waals surface area (Å²) in [5, 5.41) is 0. The van der Waals surface area contributed by atoms with E-state index in [2.05, 4.69) is 32.7 Å². The Morgan fingerprint density at radius 2 is 1.44 bits per heavy atom. The summed E-state index contributed by atoms with van der Waals surface area (Å²) in [6.07, 6.45) is 6.19. The van der Waals surface area contributed by atoms with Crippen molar-refractivity contribution in [2.45, 2.75) is 71.0 Å². The van der Waals surface area contributed by atoms with Crippen LogP contribution in [0.5, 0.6) is 0 Å². The summed E-state index contributed by atoms with van der Waals surface area (Å²) in [6.45, 7) is 7.39. The highest BCUT2D eigenvalue weighted by Crippen LogP contribution is 2.30. The molecule has 8 nitrogen and oxygen atoms in total. The fourth-order valence-corrected chi connectivity index (χ4v) is 7.29. The van der Waals surface area contributed by atoms with Gasteiger partial charge in [-0.15, -0.1) is 0 Å². The minimum absolute atomic E-state index is 0.0949. The largest absolute Gasteiger partial charge is 0.464 e. The van der Waals surface area contributed by atoms with Gasteiger partial charge in [0.1, 0.15) is 13.2 Å². The minimum atomic E-state index is -0.553. The predicted molar refractivity (Wildman–Crippen MR) is 209 cm³/mol. The van der Waals surface area contributed by atoms with Gasteiger partial charge in [0, 0.05) is 47.8 Å². The minimum Gasteiger partial charge on any atom is -0.464 e. The molecular formula is C43H50BrN3O5. The van der Waals surface area contributed by atoms with Crippen LogP contribution in [-0.2, 0) is 27.4 Å². The molecule has 0 heterocycles. The number of hydrogen-bond acceptors (Lipinski definition) is 8. The number of ketones is 1. The lowest BCUT2D eigenvalue weighted by atomic mass is 9.93. The van der Waals surface area contributed by atoms with Gasteiger partial charge in [-0.2, -0.15) is 0 Å². The van der Waals surface area contributed by atoms with Gasteiger partial charge in [-0.1, -0.05) is 105 Å². The number of nitrogens with zero attached hydrogens (tertiary/aromatic N) is 2. The molecule has 2 N–H and O–H groups in total. The topological polar surface area (TPSA) is 102 Å². The molecule has 274 valence electrons. The maximum absolute atomic E-state index is 13.3. The lowest BCUT2D eigenvalue weighted by Crippen LogP contribution is -2.36. The Morgan fingerprint density at radius 1 is 0.788 bits per heavy atom. The number of nitrogen functional groups attached to an aromatic ring is 1. The Kier molecular flexibility index (Phi) is 14.6. The maximum atomic E-state index is 13.3. The average molecular weight is 769 g/mol. The molecule has 52 heavy (non-hydrogen) atoms. The lowest BCUT2D eigenvalue weighted by molar-refractivity contribution is -0.145. The van der Waals surface area contributed by atoms with E-state index in [0.717, 1.165) is 17.7 Å². The smallest absolute Gasteiger partial charge is 0.338 e. The fourth-order valence-electron chi connectivity index (χ4n) is 6.79. The number of anilines is 1. The van der Waals surface area contributed by atoms with E-state index in [1.54, 1.807) is 43.3 Å². The summed E-state index contributed by atoms with van der Waals surface area (Å²) in [6, 6.07) is 30.4. The summed E-state index contributed by atoms with van der Waals surface area (Å²) < 4.78 is 12.2. The number of carbonyl (C=O) groups excluding carboxylic acids is 3. The highest BCUT2D eigenvalue weighted by molar-refractivity contribution is 9.10. The van der Waals surface area contributed by atoms with Crippen LogP contribution in [0.1, 0.15) is 94.8 Å². The summed E-state index contributed by atoms with van der Waals surface area (Å²) >= 11 is 3.57. The second kappa shape index (κ2) is 19.5. The third kappa shape index (κ3) is 10.9. The van der Waals surface area contributed by atoms with Crippen LogP contribution in [-0.4, -0.2) is 66.4 Å². The number of rotatable bonds is 17. The first kappa shape index (κ1) is 38.9. The molecule has 1 atom stereocenters. The van der Waals surface area contributed by atoms with E-state index < -0.39 is 11.9 Å². The summed E-state index contributed by atoms with van der Waals surface area (Å²) in [5.74, 6) is -1.42. The van der Waals surface area contributed by atoms with Crippen LogP contribution >= 0.6 is 15.9 Å². The molecule has 4 aromatic carbocycles. The third-order valence-electron chi connectivity index (χ3n) is 9.90. The van der Waals surface area contributed by atoms with Crippen molar-refractivity contribution in [1.82, 2.24) is 9.80 Å². The van der Waals surface area contributed by atoms with E-state index in [1.807, 2.05) is 60.7 Å². The van der Waals surface area contributed by atoms with Crippen LogP contribution in [0.4, 0.5) is 5.69 Å². The van der Waals surface area contributed by atoms with Gasteiger partial charge in [-0.3, -0.25) is 19.4 Å². The highest BCUT2D eigenvalue weighted by Gasteiger charge is 2.23. The summed E-state index contributed by atoms with van der Waals surface area (Å²) in [7, 11) is 0. The lowest BCUT2D eigenvalue weighted by Gasteiger charge is -2.34. The second-order valence-corrected chi connectivity index (χ2v) is 14.3. The molecule has 1 aliphatic rings. The van der Waals surface area contributed by atoms with Gasteiger partial charge in [-0.05, 0) is 77.1 Å². The van der Waals surface area contributed by atoms with Crippen molar-refractivity contribution in [2.24, 2.45) is 0 Å². The van der Waals surface area contributed by atoms with Gasteiger partial charge in [-0.25, -0.2) is 4.79 Å². The second-order valence-electron chi connectivity index (χ2n) is 13.5. The molecule has 0 bridgehead atoms. The molecule has 0 aromatic heterocycles. The summed E-state index contributed by atoms with van der Waals surface area (Å²) in [5.41, 5.74) is 11.4. The van der Waals surface area contributed by atoms with Crippen LogP contribution in [0.25, 0.3) is 0 Å². The van der Waals surface area contributed by atoms with E-state index in [1.165, 1.54) is 32.1 Å². The highest BCUT2D eigenvalue weighted by atomic mass is 79.9. The normalized spacial score (nSPS) is 13.9. The first-order chi connectivity index (χ1) is 25.2. The van der Waals surface area contributed by atoms with Crippen LogP contribution in [0.2, 0.25) is 0 Å². The average Bonchev–Trinajstić information content (AvgIpc) is 3.18. The number of benzene rings is 4. The first-order valence-electron chi connectivity index (χ1n) is 18.3. The molecule has 0 aliphatic heterocycles. The van der Waals surface area contributed by atoms with E-state index in [0.29, 0.717) is 64.6 Å². The molecule has 0 radical (unpaired) electrons. The molecule has 1 unspecified atom stereocenters. The Morgan fingerprint density at radius 3 is 2.13 bits per heavy atom. The Labute approximate surface area is 316 Å². The molecule has 1 saturated carbocycles. The molecule has 4 aromatic rings. The molecule has 0 saturated heterocycles. The van der Waals surface area contributed by atoms with Gasteiger partial charge < -0.3 is 15.2 Å². The fraction of sp³-hybridized carbons (Fsp3) is 0.372. The van der Waals surface area contributed by atoms with E-state index in [4.69, 9.17) is 15.2 Å². The SMILES string of the molecule is CCN(Cc1cc(C(=O)OCCN(CCOC(=O)C(C)c2cccc(C(=O)c3ccccc3)c2)Cc2ccccc2)cc(Br)c1N)C1CCCCC1. The van der Waals surface area contributed by atoms with Crippen LogP contribution in [0.15, 0.2) is 102 Å². The van der Waals surface area contributed by atoms with E-state index in [-0.39, 0.29) is 25.0 Å². The van der Waals surface area contributed by atoms with Gasteiger partial charge >= 0.3 is 11.9 Å². The van der Waals surface area contributed by atoms with Crippen molar-refractivity contribution in [3.8, 4) is 0 Å². The van der Waals surface area contributed by atoms with Crippen molar-refractivity contribution in [2.75, 3.05) is 38.6 Å². The van der Waals surface area contributed by atoms with Crippen LogP contribution < -0.4 is 5.73 Å². The number of esters is 2. The zero-order valence-electron chi connectivity index (χ0n) is 30.3. The Bertz CT molecular complexity index is 1780. The van der Waals surface area contributed by atoms with E-state index >= 15 is 0 Å². The Balaban J connectivity index is 1.17. The summed E-state index contributed by atoms with van der Waals surface area (Å²) in [4.78, 5) is 44.0. The molecule has 0 spiro atoms. The van der Waals surface area contributed by atoms with Gasteiger partial charge in [0.25, 0.3) is 0 Å². The number of hydrogen-bond donors (Lipinski definition) is 1. The first-order valence-corrected chi connectivity index (χ1v) is 19.1. The van der Waals surface area contributed by atoms with E-state index in [9.17, 15) is 14.4 Å². The number of ether oxygens (including phenoxy) is 2. The molecule has 9 heteroatoms. The molecule has 5 rings (SSSR count). The van der Waals surface area contributed by atoms with Crippen molar-refractivity contribution < 1.29 is 23.9 Å². The monoisotopic (exact) mass is 767 g/mol. The molecule has 0 amide bonds. The molecule has 1 fully saturated rings. The van der Waals surface area contributed by atoms with Crippen molar-refractivity contribution in [3.63, 3.8) is 0 Å². The predicted octanol–water partition coefficient (Wildman–Crippen LogP) is 8.42. The van der Waals surface area contributed by atoms with Crippen molar-refractivity contribution >= 4 is 39.3 Å². The van der Waals surface area contributed by atoms with Crippen molar-refractivity contribution in [3.05, 3.63) is 135 Å². The van der Waals surface area contributed by atoms with Gasteiger partial charge in [0.2, 0.25) is 0 Å².